The molecule has 1 aliphatic heterocycles. The van der Waals surface area contributed by atoms with Crippen molar-refractivity contribution in [2.24, 2.45) is 0 Å². The first kappa shape index (κ1) is 9.19. The summed E-state index contributed by atoms with van der Waals surface area (Å²) >= 11 is 3.56. The SMILES string of the molecule is Brc1ccccc1[C@@H]1CNCCN1. The summed E-state index contributed by atoms with van der Waals surface area (Å²) in [4.78, 5) is 0. The molecular weight excluding hydrogens is 228 g/mol. The third-order valence-electron chi connectivity index (χ3n) is 2.32. The van der Waals surface area contributed by atoms with Crippen LogP contribution in [0.1, 0.15) is 11.6 Å². The molecule has 0 radical (unpaired) electrons. The van der Waals surface area contributed by atoms with Gasteiger partial charge in [-0.1, -0.05) is 34.1 Å². The Morgan fingerprint density at radius 3 is 2.77 bits per heavy atom. The fourth-order valence-electron chi connectivity index (χ4n) is 1.63. The maximum atomic E-state index is 3.56. The summed E-state index contributed by atoms with van der Waals surface area (Å²) in [7, 11) is 0. The van der Waals surface area contributed by atoms with Crippen LogP contribution in [0.5, 0.6) is 0 Å². The molecule has 3 heteroatoms. The quantitative estimate of drug-likeness (QED) is 0.781. The molecule has 0 spiro atoms. The highest BCUT2D eigenvalue weighted by atomic mass is 79.9. The first-order chi connectivity index (χ1) is 6.38. The molecule has 1 heterocycles. The minimum atomic E-state index is 0.448. The Kier molecular flexibility index (Phi) is 2.98. The van der Waals surface area contributed by atoms with Gasteiger partial charge >= 0.3 is 0 Å². The molecule has 0 aromatic heterocycles. The highest BCUT2D eigenvalue weighted by Gasteiger charge is 2.15. The Hall–Kier alpha value is -0.380. The van der Waals surface area contributed by atoms with Crippen molar-refractivity contribution in [1.29, 1.82) is 0 Å². The van der Waals surface area contributed by atoms with Crippen LogP contribution in [0.15, 0.2) is 28.7 Å². The van der Waals surface area contributed by atoms with Crippen molar-refractivity contribution in [3.05, 3.63) is 34.3 Å². The number of hydrogen-bond donors (Lipinski definition) is 2. The van der Waals surface area contributed by atoms with Gasteiger partial charge in [-0.25, -0.2) is 0 Å². The highest BCUT2D eigenvalue weighted by molar-refractivity contribution is 9.10. The van der Waals surface area contributed by atoms with E-state index in [1.54, 1.807) is 0 Å². The first-order valence-electron chi connectivity index (χ1n) is 4.56. The summed E-state index contributed by atoms with van der Waals surface area (Å²) in [5.41, 5.74) is 1.34. The predicted octanol–water partition coefficient (Wildman–Crippen LogP) is 1.68. The number of nitrogens with one attached hydrogen (secondary N) is 2. The Morgan fingerprint density at radius 2 is 2.08 bits per heavy atom. The molecule has 2 rings (SSSR count). The van der Waals surface area contributed by atoms with E-state index in [9.17, 15) is 0 Å². The van der Waals surface area contributed by atoms with E-state index in [1.165, 1.54) is 10.0 Å². The molecule has 0 aliphatic carbocycles. The van der Waals surface area contributed by atoms with Crippen molar-refractivity contribution in [1.82, 2.24) is 10.6 Å². The molecule has 70 valence electrons. The maximum absolute atomic E-state index is 3.56. The second-order valence-corrected chi connectivity index (χ2v) is 4.09. The Labute approximate surface area is 86.9 Å². The van der Waals surface area contributed by atoms with Crippen LogP contribution in [-0.4, -0.2) is 19.6 Å². The molecule has 0 saturated carbocycles. The summed E-state index contributed by atoms with van der Waals surface area (Å²) in [6.07, 6.45) is 0. The third-order valence-corrected chi connectivity index (χ3v) is 3.04. The zero-order valence-electron chi connectivity index (χ0n) is 7.39. The second kappa shape index (κ2) is 4.22. The maximum Gasteiger partial charge on any atom is 0.0458 e. The van der Waals surface area contributed by atoms with Crippen molar-refractivity contribution in [2.75, 3.05) is 19.6 Å². The highest BCUT2D eigenvalue weighted by Crippen LogP contribution is 2.23. The molecular formula is C10H13BrN2. The lowest BCUT2D eigenvalue weighted by Crippen LogP contribution is -2.42. The fraction of sp³-hybridized carbons (Fsp3) is 0.400. The second-order valence-electron chi connectivity index (χ2n) is 3.23. The Balaban J connectivity index is 2.18. The zero-order valence-corrected chi connectivity index (χ0v) is 8.97. The van der Waals surface area contributed by atoms with Crippen LogP contribution in [0.4, 0.5) is 0 Å². The standard InChI is InChI=1S/C10H13BrN2/c11-9-4-2-1-3-8(9)10-7-12-5-6-13-10/h1-4,10,12-13H,5-7H2/t10-/m0/s1. The van der Waals surface area contributed by atoms with Crippen LogP contribution >= 0.6 is 15.9 Å². The van der Waals surface area contributed by atoms with Gasteiger partial charge in [0, 0.05) is 30.1 Å². The lowest BCUT2D eigenvalue weighted by Gasteiger charge is -2.25. The number of halogens is 1. The van der Waals surface area contributed by atoms with Crippen LogP contribution in [0.25, 0.3) is 0 Å². The smallest absolute Gasteiger partial charge is 0.0458 e. The first-order valence-corrected chi connectivity index (χ1v) is 5.36. The van der Waals surface area contributed by atoms with Gasteiger partial charge in [0.1, 0.15) is 0 Å². The molecule has 1 fully saturated rings. The molecule has 1 saturated heterocycles. The third kappa shape index (κ3) is 2.10. The van der Waals surface area contributed by atoms with Crippen LogP contribution in [0, 0.1) is 0 Å². The summed E-state index contributed by atoms with van der Waals surface area (Å²) < 4.78 is 1.19. The van der Waals surface area contributed by atoms with Crippen LogP contribution in [0.2, 0.25) is 0 Å². The summed E-state index contributed by atoms with van der Waals surface area (Å²) in [6.45, 7) is 3.13. The van der Waals surface area contributed by atoms with Gasteiger partial charge < -0.3 is 10.6 Å². The van der Waals surface area contributed by atoms with Gasteiger partial charge in [-0.05, 0) is 11.6 Å². The van der Waals surface area contributed by atoms with Gasteiger partial charge in [0.05, 0.1) is 0 Å². The zero-order chi connectivity index (χ0) is 9.10. The van der Waals surface area contributed by atoms with E-state index in [1.807, 2.05) is 6.07 Å². The molecule has 13 heavy (non-hydrogen) atoms. The van der Waals surface area contributed by atoms with Crippen molar-refractivity contribution in [3.8, 4) is 0 Å². The van der Waals surface area contributed by atoms with E-state index in [0.717, 1.165) is 19.6 Å². The molecule has 2 nitrogen and oxygen atoms in total. The van der Waals surface area contributed by atoms with Crippen molar-refractivity contribution in [3.63, 3.8) is 0 Å². The molecule has 0 bridgehead atoms. The van der Waals surface area contributed by atoms with Gasteiger partial charge in [0.25, 0.3) is 0 Å². The molecule has 1 atom stereocenters. The normalized spacial score (nSPS) is 23.0. The van der Waals surface area contributed by atoms with Gasteiger partial charge in [-0.3, -0.25) is 0 Å². The van der Waals surface area contributed by atoms with Crippen LogP contribution < -0.4 is 10.6 Å². The van der Waals surface area contributed by atoms with Gasteiger partial charge in [-0.2, -0.15) is 0 Å². The number of hydrogen-bond acceptors (Lipinski definition) is 2. The molecule has 1 aromatic rings. The molecule has 0 amide bonds. The Bertz CT molecular complexity index is 282. The fourth-order valence-corrected chi connectivity index (χ4v) is 2.19. The number of benzene rings is 1. The van der Waals surface area contributed by atoms with E-state index in [4.69, 9.17) is 0 Å². The van der Waals surface area contributed by atoms with Crippen molar-refractivity contribution < 1.29 is 0 Å². The van der Waals surface area contributed by atoms with Crippen molar-refractivity contribution in [2.45, 2.75) is 6.04 Å². The lowest BCUT2D eigenvalue weighted by atomic mass is 10.1. The number of piperazine rings is 1. The van der Waals surface area contributed by atoms with Gasteiger partial charge in [0.15, 0.2) is 0 Å². The summed E-state index contributed by atoms with van der Waals surface area (Å²) in [5, 5.41) is 6.86. The summed E-state index contributed by atoms with van der Waals surface area (Å²) in [6, 6.07) is 8.82. The van der Waals surface area contributed by atoms with Crippen molar-refractivity contribution >= 4 is 15.9 Å². The predicted molar refractivity (Wildman–Crippen MR) is 57.8 cm³/mol. The van der Waals surface area contributed by atoms with Crippen LogP contribution in [-0.2, 0) is 0 Å². The van der Waals surface area contributed by atoms with Crippen LogP contribution in [0.3, 0.4) is 0 Å². The van der Waals surface area contributed by atoms with E-state index in [2.05, 4.69) is 44.8 Å². The summed E-state index contributed by atoms with van der Waals surface area (Å²) in [5.74, 6) is 0. The van der Waals surface area contributed by atoms with Gasteiger partial charge in [0.2, 0.25) is 0 Å². The monoisotopic (exact) mass is 240 g/mol. The minimum absolute atomic E-state index is 0.448. The largest absolute Gasteiger partial charge is 0.314 e. The lowest BCUT2D eigenvalue weighted by molar-refractivity contribution is 0.429. The number of rotatable bonds is 1. The molecule has 2 N–H and O–H groups in total. The molecule has 1 aliphatic rings. The minimum Gasteiger partial charge on any atom is -0.314 e. The molecule has 1 aromatic carbocycles. The Morgan fingerprint density at radius 1 is 1.23 bits per heavy atom. The molecule has 0 unspecified atom stereocenters. The topological polar surface area (TPSA) is 24.1 Å². The van der Waals surface area contributed by atoms with E-state index >= 15 is 0 Å². The average Bonchev–Trinajstić information content (AvgIpc) is 2.20. The van der Waals surface area contributed by atoms with E-state index in [0.29, 0.717) is 6.04 Å². The average molecular weight is 241 g/mol. The van der Waals surface area contributed by atoms with Gasteiger partial charge in [-0.15, -0.1) is 0 Å². The van der Waals surface area contributed by atoms with E-state index in [-0.39, 0.29) is 0 Å². The van der Waals surface area contributed by atoms with E-state index < -0.39 is 0 Å².